The van der Waals surface area contributed by atoms with Gasteiger partial charge in [0.1, 0.15) is 5.78 Å². The highest BCUT2D eigenvalue weighted by atomic mass is 35.5. The number of rotatable bonds is 5. The molecule has 0 fully saturated rings. The van der Waals surface area contributed by atoms with E-state index in [9.17, 15) is 4.79 Å². The van der Waals surface area contributed by atoms with Crippen LogP contribution in [0.1, 0.15) is 25.8 Å². The minimum Gasteiger partial charge on any atom is -0.327 e. The number of carbonyl (C=O) groups is 1. The van der Waals surface area contributed by atoms with Gasteiger partial charge in [0.15, 0.2) is 0 Å². The predicted molar refractivity (Wildman–Crippen MR) is 72.6 cm³/mol. The fourth-order valence-electron chi connectivity index (χ4n) is 1.45. The van der Waals surface area contributed by atoms with E-state index < -0.39 is 0 Å². The summed E-state index contributed by atoms with van der Waals surface area (Å²) in [4.78, 5) is 11.8. The van der Waals surface area contributed by atoms with Gasteiger partial charge in [-0.15, -0.1) is 0 Å². The van der Waals surface area contributed by atoms with Crippen molar-refractivity contribution < 1.29 is 4.79 Å². The van der Waals surface area contributed by atoms with Crippen LogP contribution < -0.4 is 5.73 Å². The molecule has 0 amide bonds. The maximum Gasteiger partial charge on any atom is 0.138 e. The first kappa shape index (κ1) is 14.5. The van der Waals surface area contributed by atoms with E-state index in [1.54, 1.807) is 12.1 Å². The number of carbonyl (C=O) groups excluding carboxylic acids is 1. The van der Waals surface area contributed by atoms with Gasteiger partial charge in [0, 0.05) is 18.9 Å². The van der Waals surface area contributed by atoms with Crippen LogP contribution in [0.3, 0.4) is 0 Å². The summed E-state index contributed by atoms with van der Waals surface area (Å²) in [6.07, 6.45) is 0.759. The molecule has 0 aliphatic heterocycles. The smallest absolute Gasteiger partial charge is 0.138 e. The van der Waals surface area contributed by atoms with Crippen LogP contribution in [0.5, 0.6) is 0 Å². The third kappa shape index (κ3) is 4.66. The van der Waals surface area contributed by atoms with Crippen LogP contribution >= 0.6 is 23.2 Å². The van der Waals surface area contributed by atoms with Crippen LogP contribution in [0, 0.1) is 5.92 Å². The van der Waals surface area contributed by atoms with Crippen molar-refractivity contribution in [3.05, 3.63) is 33.8 Å². The van der Waals surface area contributed by atoms with Gasteiger partial charge in [-0.2, -0.15) is 0 Å². The Morgan fingerprint density at radius 1 is 1.29 bits per heavy atom. The predicted octanol–water partition coefficient (Wildman–Crippen LogP) is 3.48. The molecule has 0 saturated heterocycles. The highest BCUT2D eigenvalue weighted by molar-refractivity contribution is 6.42. The maximum absolute atomic E-state index is 11.8. The van der Waals surface area contributed by atoms with Crippen LogP contribution in [-0.4, -0.2) is 11.8 Å². The van der Waals surface area contributed by atoms with E-state index >= 15 is 0 Å². The Morgan fingerprint density at radius 2 is 1.94 bits per heavy atom. The van der Waals surface area contributed by atoms with Gasteiger partial charge in [-0.3, -0.25) is 4.79 Å². The van der Waals surface area contributed by atoms with Gasteiger partial charge in [0.25, 0.3) is 0 Å². The molecule has 0 aromatic heterocycles. The molecule has 0 saturated carbocycles. The first-order valence-electron chi connectivity index (χ1n) is 5.61. The second kappa shape index (κ2) is 6.39. The van der Waals surface area contributed by atoms with Crippen molar-refractivity contribution in [1.82, 2.24) is 0 Å². The molecule has 1 aromatic carbocycles. The van der Waals surface area contributed by atoms with Crippen molar-refractivity contribution in [1.29, 1.82) is 0 Å². The van der Waals surface area contributed by atoms with E-state index in [-0.39, 0.29) is 11.8 Å². The van der Waals surface area contributed by atoms with E-state index in [0.29, 0.717) is 28.8 Å². The zero-order valence-corrected chi connectivity index (χ0v) is 11.6. The van der Waals surface area contributed by atoms with Gasteiger partial charge in [-0.25, -0.2) is 0 Å². The molecule has 1 atom stereocenters. The summed E-state index contributed by atoms with van der Waals surface area (Å²) in [6, 6.07) is 5.16. The molecule has 1 rings (SSSR count). The fourth-order valence-corrected chi connectivity index (χ4v) is 1.77. The Bertz CT molecular complexity index is 404. The zero-order valence-electron chi connectivity index (χ0n) is 10.0. The molecule has 0 spiro atoms. The lowest BCUT2D eigenvalue weighted by Gasteiger charge is -2.14. The zero-order chi connectivity index (χ0) is 13.0. The van der Waals surface area contributed by atoms with E-state index in [2.05, 4.69) is 0 Å². The third-order valence-corrected chi connectivity index (χ3v) is 3.44. The van der Waals surface area contributed by atoms with Crippen LogP contribution in [0.4, 0.5) is 0 Å². The number of hydrogen-bond donors (Lipinski definition) is 1. The second-order valence-electron chi connectivity index (χ2n) is 4.58. The molecule has 0 aliphatic rings. The first-order chi connectivity index (χ1) is 7.90. The number of hydrogen-bond acceptors (Lipinski definition) is 2. The van der Waals surface area contributed by atoms with Gasteiger partial charge in [0.2, 0.25) is 0 Å². The molecule has 0 aliphatic carbocycles. The molecular weight excluding hydrogens is 257 g/mol. The Balaban J connectivity index is 2.59. The van der Waals surface area contributed by atoms with Gasteiger partial charge < -0.3 is 5.73 Å². The van der Waals surface area contributed by atoms with Gasteiger partial charge in [0.05, 0.1) is 10.0 Å². The summed E-state index contributed by atoms with van der Waals surface area (Å²) in [5.74, 6) is 0.442. The minimum absolute atomic E-state index is 0.0785. The molecule has 2 nitrogen and oxygen atoms in total. The average molecular weight is 274 g/mol. The number of Topliss-reactive ketones (excluding diaryl/α,β-unsaturated/α-hetero) is 1. The third-order valence-electron chi connectivity index (χ3n) is 2.70. The minimum atomic E-state index is -0.0785. The van der Waals surface area contributed by atoms with Crippen LogP contribution in [0.15, 0.2) is 18.2 Å². The summed E-state index contributed by atoms with van der Waals surface area (Å²) >= 11 is 11.7. The van der Waals surface area contributed by atoms with E-state index in [0.717, 1.165) is 5.56 Å². The Labute approximate surface area is 112 Å². The van der Waals surface area contributed by atoms with Gasteiger partial charge >= 0.3 is 0 Å². The Morgan fingerprint density at radius 3 is 2.47 bits per heavy atom. The summed E-state index contributed by atoms with van der Waals surface area (Å²) in [5, 5.41) is 0.979. The Hall–Kier alpha value is -0.570. The standard InChI is InChI=1S/C13H17Cl2NO/c1-8(2)13(16)7-10(17)5-9-3-4-11(14)12(15)6-9/h3-4,6,8,13H,5,7,16H2,1-2H3. The number of nitrogens with two attached hydrogens (primary N) is 1. The molecule has 4 heteroatoms. The molecule has 1 aromatic rings. The van der Waals surface area contributed by atoms with E-state index in [1.807, 2.05) is 19.9 Å². The number of ketones is 1. The topological polar surface area (TPSA) is 43.1 Å². The SMILES string of the molecule is CC(C)C(N)CC(=O)Cc1ccc(Cl)c(Cl)c1. The van der Waals surface area contributed by atoms with E-state index in [4.69, 9.17) is 28.9 Å². The molecule has 94 valence electrons. The van der Waals surface area contributed by atoms with Crippen molar-refractivity contribution in [2.24, 2.45) is 11.7 Å². The fraction of sp³-hybridized carbons (Fsp3) is 0.462. The van der Waals surface area contributed by atoms with Crippen molar-refractivity contribution in [3.8, 4) is 0 Å². The number of halogens is 2. The largest absolute Gasteiger partial charge is 0.327 e. The van der Waals surface area contributed by atoms with Crippen molar-refractivity contribution >= 4 is 29.0 Å². The van der Waals surface area contributed by atoms with Crippen LogP contribution in [0.25, 0.3) is 0 Å². The average Bonchev–Trinajstić information content (AvgIpc) is 2.23. The van der Waals surface area contributed by atoms with Crippen molar-refractivity contribution in [2.45, 2.75) is 32.7 Å². The molecular formula is C13H17Cl2NO. The lowest BCUT2D eigenvalue weighted by atomic mass is 9.97. The summed E-state index contributed by atoms with van der Waals surface area (Å²) in [5.41, 5.74) is 6.73. The molecule has 1 unspecified atom stereocenters. The summed E-state index contributed by atoms with van der Waals surface area (Å²) in [6.45, 7) is 4.02. The lowest BCUT2D eigenvalue weighted by Crippen LogP contribution is -2.29. The lowest BCUT2D eigenvalue weighted by molar-refractivity contribution is -0.118. The highest BCUT2D eigenvalue weighted by Crippen LogP contribution is 2.23. The second-order valence-corrected chi connectivity index (χ2v) is 5.39. The highest BCUT2D eigenvalue weighted by Gasteiger charge is 2.13. The monoisotopic (exact) mass is 273 g/mol. The van der Waals surface area contributed by atoms with Crippen molar-refractivity contribution in [3.63, 3.8) is 0 Å². The first-order valence-corrected chi connectivity index (χ1v) is 6.37. The van der Waals surface area contributed by atoms with Crippen LogP contribution in [0.2, 0.25) is 10.0 Å². The molecule has 17 heavy (non-hydrogen) atoms. The van der Waals surface area contributed by atoms with E-state index in [1.165, 1.54) is 0 Å². The van der Waals surface area contributed by atoms with Gasteiger partial charge in [-0.1, -0.05) is 43.1 Å². The number of benzene rings is 1. The molecule has 0 heterocycles. The Kier molecular flexibility index (Phi) is 5.44. The molecule has 0 bridgehead atoms. The molecule has 0 radical (unpaired) electrons. The quantitative estimate of drug-likeness (QED) is 0.893. The normalized spacial score (nSPS) is 12.8. The van der Waals surface area contributed by atoms with Crippen LogP contribution in [-0.2, 0) is 11.2 Å². The summed E-state index contributed by atoms with van der Waals surface area (Å²) < 4.78 is 0. The summed E-state index contributed by atoms with van der Waals surface area (Å²) in [7, 11) is 0. The van der Waals surface area contributed by atoms with Gasteiger partial charge in [-0.05, 0) is 23.6 Å². The maximum atomic E-state index is 11.8. The van der Waals surface area contributed by atoms with Crippen molar-refractivity contribution in [2.75, 3.05) is 0 Å². The molecule has 2 N–H and O–H groups in total.